The molecular formula is C26H27F3N4O4. The number of anilines is 2. The van der Waals surface area contributed by atoms with Gasteiger partial charge in [0.1, 0.15) is 18.8 Å². The molecule has 0 unspecified atom stereocenters. The maximum Gasteiger partial charge on any atom is 0.416 e. The van der Waals surface area contributed by atoms with Gasteiger partial charge in [-0.25, -0.2) is 9.97 Å². The summed E-state index contributed by atoms with van der Waals surface area (Å²) in [5.74, 6) is 0.898. The number of hydrogen-bond donors (Lipinski definition) is 1. The van der Waals surface area contributed by atoms with E-state index in [9.17, 15) is 13.2 Å². The van der Waals surface area contributed by atoms with Gasteiger partial charge >= 0.3 is 6.18 Å². The summed E-state index contributed by atoms with van der Waals surface area (Å²) < 4.78 is 63.2. The first-order valence-corrected chi connectivity index (χ1v) is 12.2. The highest BCUT2D eigenvalue weighted by Crippen LogP contribution is 2.61. The second-order valence-electron chi connectivity index (χ2n) is 9.74. The van der Waals surface area contributed by atoms with E-state index in [4.69, 9.17) is 18.9 Å². The highest BCUT2D eigenvalue weighted by molar-refractivity contribution is 5.93. The number of halogens is 3. The SMILES string of the molecule is COc1cc2ncnc(Nc3cccc(C(F)(F)F)c3)c2cc1OCCN1CC2(CC2)C2(C1)OCCO2. The fraction of sp³-hybridized carbons (Fsp3) is 0.462. The van der Waals surface area contributed by atoms with Gasteiger partial charge in [-0.15, -0.1) is 0 Å². The zero-order valence-corrected chi connectivity index (χ0v) is 20.3. The summed E-state index contributed by atoms with van der Waals surface area (Å²) >= 11 is 0. The number of ether oxygens (including phenoxy) is 4. The molecule has 3 aliphatic rings. The third-order valence-corrected chi connectivity index (χ3v) is 7.41. The van der Waals surface area contributed by atoms with Crippen LogP contribution in [-0.2, 0) is 15.7 Å². The van der Waals surface area contributed by atoms with Gasteiger partial charge in [0.25, 0.3) is 0 Å². The molecule has 2 aromatic carbocycles. The second-order valence-corrected chi connectivity index (χ2v) is 9.74. The Morgan fingerprint density at radius 2 is 1.86 bits per heavy atom. The van der Waals surface area contributed by atoms with Crippen molar-refractivity contribution in [2.45, 2.75) is 24.8 Å². The highest BCUT2D eigenvalue weighted by Gasteiger charge is 2.67. The summed E-state index contributed by atoms with van der Waals surface area (Å²) in [6.45, 7) is 4.03. The molecule has 0 amide bonds. The van der Waals surface area contributed by atoms with E-state index in [-0.39, 0.29) is 11.1 Å². The van der Waals surface area contributed by atoms with E-state index in [0.29, 0.717) is 54.6 Å². The van der Waals surface area contributed by atoms with Gasteiger partial charge in [0.2, 0.25) is 0 Å². The Kier molecular flexibility index (Phi) is 5.89. The molecule has 0 bridgehead atoms. The molecule has 11 heteroatoms. The topological polar surface area (TPSA) is 78.0 Å². The van der Waals surface area contributed by atoms with Crippen molar-refractivity contribution in [3.05, 3.63) is 48.3 Å². The van der Waals surface area contributed by atoms with E-state index in [1.165, 1.54) is 12.4 Å². The lowest BCUT2D eigenvalue weighted by Crippen LogP contribution is -2.41. The molecule has 3 fully saturated rings. The second kappa shape index (κ2) is 9.00. The van der Waals surface area contributed by atoms with Crippen LogP contribution in [0.2, 0.25) is 0 Å². The van der Waals surface area contributed by atoms with Crippen molar-refractivity contribution in [3.63, 3.8) is 0 Å². The van der Waals surface area contributed by atoms with Crippen LogP contribution in [0.25, 0.3) is 10.9 Å². The Bertz CT molecular complexity index is 1310. The lowest BCUT2D eigenvalue weighted by atomic mass is 10.00. The molecule has 1 aromatic heterocycles. The van der Waals surface area contributed by atoms with Gasteiger partial charge in [0, 0.05) is 35.6 Å². The zero-order valence-electron chi connectivity index (χ0n) is 20.3. The van der Waals surface area contributed by atoms with Crippen molar-refractivity contribution in [1.82, 2.24) is 14.9 Å². The van der Waals surface area contributed by atoms with Gasteiger partial charge in [0.05, 0.1) is 37.9 Å². The van der Waals surface area contributed by atoms with E-state index in [1.54, 1.807) is 25.3 Å². The Balaban J connectivity index is 1.19. The summed E-state index contributed by atoms with van der Waals surface area (Å²) in [7, 11) is 1.55. The zero-order chi connectivity index (χ0) is 25.7. The molecule has 37 heavy (non-hydrogen) atoms. The van der Waals surface area contributed by atoms with Crippen LogP contribution in [0.3, 0.4) is 0 Å². The van der Waals surface area contributed by atoms with Gasteiger partial charge < -0.3 is 24.3 Å². The Morgan fingerprint density at radius 1 is 1.05 bits per heavy atom. The van der Waals surface area contributed by atoms with Crippen LogP contribution in [0.5, 0.6) is 11.5 Å². The van der Waals surface area contributed by atoms with Gasteiger partial charge in [-0.1, -0.05) is 6.07 Å². The molecule has 2 saturated heterocycles. The van der Waals surface area contributed by atoms with Crippen molar-refractivity contribution in [3.8, 4) is 11.5 Å². The molecule has 1 saturated carbocycles. The summed E-state index contributed by atoms with van der Waals surface area (Å²) in [4.78, 5) is 10.9. The first kappa shape index (κ1) is 24.2. The number of methoxy groups -OCH3 is 1. The van der Waals surface area contributed by atoms with Crippen LogP contribution in [-0.4, -0.2) is 67.2 Å². The van der Waals surface area contributed by atoms with Crippen LogP contribution >= 0.6 is 0 Å². The molecule has 2 spiro atoms. The smallest absolute Gasteiger partial charge is 0.416 e. The largest absolute Gasteiger partial charge is 0.493 e. The number of rotatable bonds is 7. The molecule has 3 aromatic rings. The average molecular weight is 517 g/mol. The predicted octanol–water partition coefficient (Wildman–Crippen LogP) is 4.62. The Labute approximate surface area is 211 Å². The fourth-order valence-corrected chi connectivity index (χ4v) is 5.40. The molecular weight excluding hydrogens is 489 g/mol. The third-order valence-electron chi connectivity index (χ3n) is 7.41. The third kappa shape index (κ3) is 4.45. The number of aromatic nitrogens is 2. The number of fused-ring (bicyclic) bond motifs is 2. The van der Waals surface area contributed by atoms with Crippen molar-refractivity contribution < 1.29 is 32.1 Å². The van der Waals surface area contributed by atoms with E-state index in [0.717, 1.165) is 38.1 Å². The van der Waals surface area contributed by atoms with Crippen LogP contribution in [0, 0.1) is 5.41 Å². The maximum absolute atomic E-state index is 13.2. The minimum atomic E-state index is -4.44. The number of likely N-dealkylation sites (tertiary alicyclic amines) is 1. The lowest BCUT2D eigenvalue weighted by Gasteiger charge is -2.28. The van der Waals surface area contributed by atoms with E-state index < -0.39 is 17.5 Å². The standard InChI is InChI=1S/C26H27F3N4O4/c1-34-21-13-20-19(23(31-16-30-20)32-18-4-2-3-17(11-18)26(27,28)29)12-22(21)35-8-7-33-14-24(5-6-24)25(15-33)36-9-10-37-25/h2-4,11-13,16H,5-10,14-15H2,1H3,(H,30,31,32). The van der Waals surface area contributed by atoms with E-state index >= 15 is 0 Å². The Morgan fingerprint density at radius 3 is 2.59 bits per heavy atom. The average Bonchev–Trinajstić information content (AvgIpc) is 3.39. The summed E-state index contributed by atoms with van der Waals surface area (Å²) in [6.07, 6.45) is -0.860. The van der Waals surface area contributed by atoms with Crippen molar-refractivity contribution in [2.75, 3.05) is 51.9 Å². The predicted molar refractivity (Wildman–Crippen MR) is 129 cm³/mol. The molecule has 0 atom stereocenters. The van der Waals surface area contributed by atoms with Crippen molar-refractivity contribution in [2.24, 2.45) is 5.41 Å². The monoisotopic (exact) mass is 516 g/mol. The number of nitrogens with zero attached hydrogens (tertiary/aromatic N) is 3. The molecule has 8 nitrogen and oxygen atoms in total. The molecule has 2 aliphatic heterocycles. The molecule has 196 valence electrons. The quantitative estimate of drug-likeness (QED) is 0.488. The minimum absolute atomic E-state index is 0.103. The first-order chi connectivity index (χ1) is 17.8. The molecule has 3 heterocycles. The number of nitrogens with one attached hydrogen (secondary N) is 1. The number of alkyl halides is 3. The first-order valence-electron chi connectivity index (χ1n) is 12.2. The molecule has 1 aliphatic carbocycles. The molecule has 0 radical (unpaired) electrons. The summed E-state index contributed by atoms with van der Waals surface area (Å²) in [5, 5.41) is 3.58. The van der Waals surface area contributed by atoms with Crippen LogP contribution < -0.4 is 14.8 Å². The summed E-state index contributed by atoms with van der Waals surface area (Å²) in [6, 6.07) is 8.45. The lowest BCUT2D eigenvalue weighted by molar-refractivity contribution is -0.182. The van der Waals surface area contributed by atoms with Crippen molar-refractivity contribution in [1.29, 1.82) is 0 Å². The van der Waals surface area contributed by atoms with Crippen LogP contribution in [0.1, 0.15) is 18.4 Å². The van der Waals surface area contributed by atoms with E-state index in [2.05, 4.69) is 20.2 Å². The number of hydrogen-bond acceptors (Lipinski definition) is 8. The fourth-order valence-electron chi connectivity index (χ4n) is 5.40. The van der Waals surface area contributed by atoms with Gasteiger partial charge in [0.15, 0.2) is 17.3 Å². The van der Waals surface area contributed by atoms with Crippen LogP contribution in [0.4, 0.5) is 24.7 Å². The minimum Gasteiger partial charge on any atom is -0.493 e. The molecule has 1 N–H and O–H groups in total. The normalized spacial score (nSPS) is 20.1. The van der Waals surface area contributed by atoms with Gasteiger partial charge in [-0.2, -0.15) is 13.2 Å². The van der Waals surface area contributed by atoms with Gasteiger partial charge in [-0.05, 0) is 37.1 Å². The van der Waals surface area contributed by atoms with Gasteiger partial charge in [-0.3, -0.25) is 4.90 Å². The Hall–Kier alpha value is -3.15. The number of benzene rings is 2. The molecule has 6 rings (SSSR count). The van der Waals surface area contributed by atoms with E-state index in [1.807, 2.05) is 0 Å². The summed E-state index contributed by atoms with van der Waals surface area (Å²) in [5.41, 5.74) is 0.195. The maximum atomic E-state index is 13.2. The van der Waals surface area contributed by atoms with Crippen LogP contribution in [0.15, 0.2) is 42.7 Å². The highest BCUT2D eigenvalue weighted by atomic mass is 19.4. The van der Waals surface area contributed by atoms with Crippen molar-refractivity contribution >= 4 is 22.4 Å².